The van der Waals surface area contributed by atoms with Gasteiger partial charge < -0.3 is 19.6 Å². The lowest BCUT2D eigenvalue weighted by molar-refractivity contribution is -0.140. The molecule has 1 saturated carbocycles. The van der Waals surface area contributed by atoms with Crippen molar-refractivity contribution in [1.82, 2.24) is 9.80 Å². The molecule has 0 atom stereocenters. The highest BCUT2D eigenvalue weighted by Gasteiger charge is 2.41. The number of ether oxygens (including phenoxy) is 1. The van der Waals surface area contributed by atoms with Crippen molar-refractivity contribution in [1.29, 1.82) is 0 Å². The first-order valence-corrected chi connectivity index (χ1v) is 7.37. The number of carboxylic acids is 1. The second-order valence-corrected chi connectivity index (χ2v) is 5.80. The Balaban J connectivity index is 2.10. The van der Waals surface area contributed by atoms with Crippen molar-refractivity contribution in [3.05, 3.63) is 0 Å². The van der Waals surface area contributed by atoms with Crippen LogP contribution in [0.4, 0.5) is 4.79 Å². The summed E-state index contributed by atoms with van der Waals surface area (Å²) in [6.07, 6.45) is 4.72. The number of carbonyl (C=O) groups is 2. The van der Waals surface area contributed by atoms with Gasteiger partial charge in [0.2, 0.25) is 0 Å². The molecule has 2 amide bonds. The largest absolute Gasteiger partial charge is 0.481 e. The molecule has 0 aromatic carbocycles. The Bertz CT molecular complexity index is 360. The Morgan fingerprint density at radius 1 is 1.20 bits per heavy atom. The van der Waals surface area contributed by atoms with Crippen LogP contribution in [0.2, 0.25) is 0 Å². The molecule has 6 nitrogen and oxygen atoms in total. The van der Waals surface area contributed by atoms with Crippen molar-refractivity contribution in [2.45, 2.75) is 44.1 Å². The number of urea groups is 1. The first-order valence-electron chi connectivity index (χ1n) is 7.37. The molecule has 2 aliphatic rings. The first kappa shape index (κ1) is 15.1. The minimum Gasteiger partial charge on any atom is -0.481 e. The summed E-state index contributed by atoms with van der Waals surface area (Å²) in [4.78, 5) is 27.2. The van der Waals surface area contributed by atoms with Gasteiger partial charge in [0.25, 0.3) is 0 Å². The van der Waals surface area contributed by atoms with Crippen molar-refractivity contribution >= 4 is 12.0 Å². The van der Waals surface area contributed by atoms with Gasteiger partial charge in [-0.3, -0.25) is 4.79 Å². The molecule has 0 spiro atoms. The normalized spacial score (nSPS) is 22.4. The van der Waals surface area contributed by atoms with Crippen LogP contribution in [0.15, 0.2) is 0 Å². The van der Waals surface area contributed by atoms with E-state index in [1.807, 2.05) is 0 Å². The molecule has 0 unspecified atom stereocenters. The molecule has 0 radical (unpaired) electrons. The summed E-state index contributed by atoms with van der Waals surface area (Å²) in [5.74, 6) is -0.825. The van der Waals surface area contributed by atoms with Crippen molar-refractivity contribution in [3.63, 3.8) is 0 Å². The summed E-state index contributed by atoms with van der Waals surface area (Å²) >= 11 is 0. The second kappa shape index (κ2) is 6.43. The summed E-state index contributed by atoms with van der Waals surface area (Å²) in [5.41, 5.74) is -0.514. The van der Waals surface area contributed by atoms with Gasteiger partial charge >= 0.3 is 12.0 Å². The highest BCUT2D eigenvalue weighted by atomic mass is 16.5. The van der Waals surface area contributed by atoms with Gasteiger partial charge in [0.05, 0.1) is 25.2 Å². The second-order valence-electron chi connectivity index (χ2n) is 5.80. The smallest absolute Gasteiger partial charge is 0.320 e. The summed E-state index contributed by atoms with van der Waals surface area (Å²) in [5, 5.41) is 9.20. The van der Waals surface area contributed by atoms with Crippen LogP contribution < -0.4 is 0 Å². The van der Waals surface area contributed by atoms with Crippen molar-refractivity contribution in [3.8, 4) is 0 Å². The average molecular weight is 284 g/mol. The van der Waals surface area contributed by atoms with E-state index in [0.717, 1.165) is 32.1 Å². The number of hydrogen-bond acceptors (Lipinski definition) is 3. The van der Waals surface area contributed by atoms with Crippen molar-refractivity contribution in [2.24, 2.45) is 0 Å². The minimum atomic E-state index is -0.825. The number of morpholine rings is 1. The number of rotatable bonds is 3. The Hall–Kier alpha value is -1.30. The molecule has 1 aliphatic heterocycles. The predicted octanol–water partition coefficient (Wildman–Crippen LogP) is 1.55. The predicted molar refractivity (Wildman–Crippen MR) is 73.6 cm³/mol. The molecular weight excluding hydrogens is 260 g/mol. The topological polar surface area (TPSA) is 70.1 Å². The van der Waals surface area contributed by atoms with E-state index in [9.17, 15) is 14.7 Å². The number of carbonyl (C=O) groups excluding carboxylic acids is 1. The summed E-state index contributed by atoms with van der Waals surface area (Å²) in [6, 6.07) is -0.0588. The third-order valence-corrected chi connectivity index (χ3v) is 4.54. The van der Waals surface area contributed by atoms with E-state index < -0.39 is 11.5 Å². The molecule has 1 aliphatic carbocycles. The van der Waals surface area contributed by atoms with Crippen LogP contribution in [-0.4, -0.2) is 65.8 Å². The summed E-state index contributed by atoms with van der Waals surface area (Å²) < 4.78 is 5.26. The Morgan fingerprint density at radius 2 is 1.80 bits per heavy atom. The monoisotopic (exact) mass is 284 g/mol. The number of carboxylic acid groups (broad SMARTS) is 1. The van der Waals surface area contributed by atoms with Gasteiger partial charge in [-0.2, -0.15) is 0 Å². The molecule has 0 aromatic rings. The molecule has 2 rings (SSSR count). The Morgan fingerprint density at radius 3 is 2.35 bits per heavy atom. The molecule has 6 heteroatoms. The maximum Gasteiger partial charge on any atom is 0.320 e. The van der Waals surface area contributed by atoms with Crippen LogP contribution in [0.5, 0.6) is 0 Å². The quantitative estimate of drug-likeness (QED) is 0.853. The van der Waals surface area contributed by atoms with Gasteiger partial charge in [0.15, 0.2) is 0 Å². The van der Waals surface area contributed by atoms with E-state index in [4.69, 9.17) is 4.74 Å². The Kier molecular flexibility index (Phi) is 4.86. The van der Waals surface area contributed by atoms with Crippen LogP contribution in [0, 0.1) is 0 Å². The van der Waals surface area contributed by atoms with E-state index in [-0.39, 0.29) is 12.5 Å². The van der Waals surface area contributed by atoms with Crippen molar-refractivity contribution < 1.29 is 19.4 Å². The van der Waals surface area contributed by atoms with Crippen LogP contribution in [0.3, 0.4) is 0 Å². The standard InChI is InChI=1S/C14H24N2O4/c1-15(13(19)16-7-9-20-10-8-16)14(11-12(17)18)5-3-2-4-6-14/h2-11H2,1H3,(H,17,18). The van der Waals surface area contributed by atoms with Gasteiger partial charge in [0.1, 0.15) is 0 Å². The van der Waals surface area contributed by atoms with E-state index in [0.29, 0.717) is 26.3 Å². The molecule has 114 valence electrons. The van der Waals surface area contributed by atoms with E-state index in [2.05, 4.69) is 0 Å². The van der Waals surface area contributed by atoms with Gasteiger partial charge in [-0.05, 0) is 12.8 Å². The maximum absolute atomic E-state index is 12.6. The first-order chi connectivity index (χ1) is 9.55. The summed E-state index contributed by atoms with van der Waals surface area (Å²) in [6.45, 7) is 2.30. The fraction of sp³-hybridized carbons (Fsp3) is 0.857. The van der Waals surface area contributed by atoms with E-state index >= 15 is 0 Å². The number of amides is 2. The van der Waals surface area contributed by atoms with Gasteiger partial charge in [-0.15, -0.1) is 0 Å². The average Bonchev–Trinajstić information content (AvgIpc) is 2.47. The molecule has 20 heavy (non-hydrogen) atoms. The molecule has 0 bridgehead atoms. The Labute approximate surface area is 119 Å². The zero-order valence-corrected chi connectivity index (χ0v) is 12.1. The zero-order chi connectivity index (χ0) is 14.6. The van der Waals surface area contributed by atoms with E-state index in [1.54, 1.807) is 16.8 Å². The lowest BCUT2D eigenvalue weighted by Gasteiger charge is -2.45. The zero-order valence-electron chi connectivity index (χ0n) is 12.1. The lowest BCUT2D eigenvalue weighted by atomic mass is 9.78. The third-order valence-electron chi connectivity index (χ3n) is 4.54. The number of aliphatic carboxylic acids is 1. The van der Waals surface area contributed by atoms with Gasteiger partial charge in [0, 0.05) is 20.1 Å². The highest BCUT2D eigenvalue weighted by Crippen LogP contribution is 2.36. The SMILES string of the molecule is CN(C(=O)N1CCOCC1)C1(CC(=O)O)CCCCC1. The molecule has 2 fully saturated rings. The third kappa shape index (κ3) is 3.23. The highest BCUT2D eigenvalue weighted by molar-refractivity contribution is 5.77. The minimum absolute atomic E-state index is 0.0412. The fourth-order valence-corrected chi connectivity index (χ4v) is 3.29. The van der Waals surface area contributed by atoms with Crippen LogP contribution in [0.25, 0.3) is 0 Å². The summed E-state index contributed by atoms with van der Waals surface area (Å²) in [7, 11) is 1.76. The van der Waals surface area contributed by atoms with E-state index in [1.165, 1.54) is 0 Å². The van der Waals surface area contributed by atoms with Gasteiger partial charge in [-0.25, -0.2) is 4.79 Å². The molecule has 1 N–H and O–H groups in total. The number of nitrogens with zero attached hydrogens (tertiary/aromatic N) is 2. The molecule has 1 heterocycles. The van der Waals surface area contributed by atoms with Crippen LogP contribution in [0.1, 0.15) is 38.5 Å². The lowest BCUT2D eigenvalue weighted by Crippen LogP contribution is -2.57. The van der Waals surface area contributed by atoms with Crippen LogP contribution >= 0.6 is 0 Å². The molecular formula is C14H24N2O4. The molecule has 1 saturated heterocycles. The van der Waals surface area contributed by atoms with Gasteiger partial charge in [-0.1, -0.05) is 19.3 Å². The van der Waals surface area contributed by atoms with Crippen LogP contribution in [-0.2, 0) is 9.53 Å². The fourth-order valence-electron chi connectivity index (χ4n) is 3.29. The van der Waals surface area contributed by atoms with Crippen molar-refractivity contribution in [2.75, 3.05) is 33.4 Å². The maximum atomic E-state index is 12.6. The molecule has 0 aromatic heterocycles. The number of hydrogen-bond donors (Lipinski definition) is 1.